The first-order valence-electron chi connectivity index (χ1n) is 19.1. The summed E-state index contributed by atoms with van der Waals surface area (Å²) in [5.74, 6) is 0. The van der Waals surface area contributed by atoms with Crippen LogP contribution < -0.4 is 0 Å². The number of aryl methyl sites for hydroxylation is 4. The van der Waals surface area contributed by atoms with Crippen molar-refractivity contribution in [3.05, 3.63) is 99.8 Å². The molecule has 0 aromatic heterocycles. The van der Waals surface area contributed by atoms with Gasteiger partial charge in [0.05, 0.1) is 0 Å². The van der Waals surface area contributed by atoms with E-state index in [0.717, 1.165) is 69.2 Å². The molecule has 3 rings (SSSR count). The van der Waals surface area contributed by atoms with Crippen LogP contribution in [0.25, 0.3) is 16.9 Å². The van der Waals surface area contributed by atoms with Gasteiger partial charge >= 0.3 is 20.4 Å². The van der Waals surface area contributed by atoms with Crippen molar-refractivity contribution in [1.82, 2.24) is 0 Å². The van der Waals surface area contributed by atoms with E-state index in [1.54, 1.807) is 29.7 Å². The summed E-state index contributed by atoms with van der Waals surface area (Å²) in [5, 5.41) is 0. The molecule has 1 heterocycles. The fraction of sp³-hybridized carbons (Fsp3) is 0.591. The van der Waals surface area contributed by atoms with E-state index in [4.69, 9.17) is 0 Å². The summed E-state index contributed by atoms with van der Waals surface area (Å²) in [5.41, 5.74) is 26.7. The summed E-state index contributed by atoms with van der Waals surface area (Å²) in [6.07, 6.45) is 21.9. The van der Waals surface area contributed by atoms with Gasteiger partial charge in [-0.1, -0.05) is 80.6 Å². The van der Waals surface area contributed by atoms with Crippen molar-refractivity contribution in [2.75, 3.05) is 0 Å². The minimum Gasteiger partial charge on any atom is -0.493 e. The Kier molecular flexibility index (Phi) is 25.1. The minimum atomic E-state index is 0. The Morgan fingerprint density at radius 3 is 1.15 bits per heavy atom. The molecule has 0 atom stereocenters. The van der Waals surface area contributed by atoms with Gasteiger partial charge in [-0.25, -0.2) is 4.70 Å². The van der Waals surface area contributed by atoms with Crippen LogP contribution >= 0.6 is 0 Å². The number of unbranched alkanes of at least 4 members (excludes halogenated alkanes) is 5. The zero-order chi connectivity index (χ0) is 34.5. The zero-order valence-corrected chi connectivity index (χ0v) is 33.6. The van der Waals surface area contributed by atoms with Crippen LogP contribution in [0.1, 0.15) is 177 Å². The topological polar surface area (TPSA) is 25.3 Å². The van der Waals surface area contributed by atoms with Gasteiger partial charge in [0.25, 0.3) is 0 Å². The second kappa shape index (κ2) is 26.1. The molecular formula is C44H70N2Pd. The molecule has 0 N–H and O–H groups in total. The maximum Gasteiger partial charge on any atom is 2.00 e. The van der Waals surface area contributed by atoms with Crippen LogP contribution in [-0.2, 0) is 58.9 Å². The second-order valence-corrected chi connectivity index (χ2v) is 12.5. The minimum absolute atomic E-state index is 0. The van der Waals surface area contributed by atoms with Crippen LogP contribution in [-0.4, -0.2) is 4.70 Å². The predicted octanol–water partition coefficient (Wildman–Crippen LogP) is 13.9. The first-order chi connectivity index (χ1) is 22.5. The van der Waals surface area contributed by atoms with Crippen molar-refractivity contribution in [2.45, 2.75) is 171 Å². The number of hydrogen-bond acceptors (Lipinski definition) is 0. The van der Waals surface area contributed by atoms with Crippen LogP contribution in [0.2, 0.25) is 0 Å². The molecule has 0 radical (unpaired) electrons. The molecule has 47 heavy (non-hydrogen) atoms. The Balaban J connectivity index is 0.00000407. The average molecular weight is 733 g/mol. The number of nitrogens with zero attached hydrogens (tertiary/aromatic N) is 2. The van der Waals surface area contributed by atoms with E-state index >= 15 is 0 Å². The fourth-order valence-corrected chi connectivity index (χ4v) is 6.77. The second-order valence-electron chi connectivity index (χ2n) is 12.5. The molecule has 0 saturated heterocycles. The zero-order valence-electron chi connectivity index (χ0n) is 32.0. The molecule has 2 nitrogen and oxygen atoms in total. The van der Waals surface area contributed by atoms with Gasteiger partial charge in [-0.05, 0) is 135 Å². The van der Waals surface area contributed by atoms with Crippen LogP contribution in [0.5, 0.6) is 0 Å². The van der Waals surface area contributed by atoms with Gasteiger partial charge in [0.1, 0.15) is 0 Å². The molecule has 0 aliphatic carbocycles. The van der Waals surface area contributed by atoms with E-state index in [1.807, 2.05) is 0 Å². The quantitative estimate of drug-likeness (QED) is 0.0781. The van der Waals surface area contributed by atoms with Gasteiger partial charge < -0.3 is 19.4 Å². The van der Waals surface area contributed by atoms with Crippen molar-refractivity contribution in [3.63, 3.8) is 0 Å². The third kappa shape index (κ3) is 12.9. The summed E-state index contributed by atoms with van der Waals surface area (Å²) in [6.45, 7) is 26.0. The molecule has 0 spiro atoms. The smallest absolute Gasteiger partial charge is 0.493 e. The molecule has 3 heteroatoms. The van der Waals surface area contributed by atoms with Gasteiger partial charge in [-0.15, -0.1) is 0 Å². The largest absolute Gasteiger partial charge is 2.00 e. The summed E-state index contributed by atoms with van der Waals surface area (Å²) in [4.78, 5) is 0. The monoisotopic (exact) mass is 732 g/mol. The number of benzene rings is 2. The Hall–Kier alpha value is -1.82. The Morgan fingerprint density at radius 1 is 0.511 bits per heavy atom. The van der Waals surface area contributed by atoms with Crippen LogP contribution in [0, 0.1) is 13.8 Å². The summed E-state index contributed by atoms with van der Waals surface area (Å²) in [6, 6.07) is 9.65. The van der Waals surface area contributed by atoms with E-state index in [2.05, 4.69) is 92.7 Å². The first-order valence-corrected chi connectivity index (χ1v) is 19.1. The Bertz CT molecular complexity index is 1190. The summed E-state index contributed by atoms with van der Waals surface area (Å²) in [7, 11) is 0. The van der Waals surface area contributed by atoms with Gasteiger partial charge in [0.15, 0.2) is 0 Å². The number of allylic oxidation sites excluding steroid dienone is 2. The van der Waals surface area contributed by atoms with E-state index in [0.29, 0.717) is 0 Å². The van der Waals surface area contributed by atoms with Crippen LogP contribution in [0.15, 0.2) is 35.9 Å². The maximum atomic E-state index is 12.1. The van der Waals surface area contributed by atoms with E-state index in [-0.39, 0.29) is 20.4 Å². The van der Waals surface area contributed by atoms with Crippen molar-refractivity contribution < 1.29 is 25.1 Å². The standard InChI is InChI=1S/C40H60N2.2C2H5.Pd/c1-8-15-20-30-25-35(26-31(21-16-9-2)37(30)13-6)39-29-34(24-19-12-5)40(42(39)41)36-27-32(22-17-10-3)38(14-7)33(28-36)23-18-11-4;2*1-2;/h25-29H,8-24H2,1-7H3;2*1H2,2H3;/q;2*-1;+2. The molecule has 0 bridgehead atoms. The maximum absolute atomic E-state index is 12.1. The van der Waals surface area contributed by atoms with Crippen molar-refractivity contribution in [3.8, 4) is 0 Å². The van der Waals surface area contributed by atoms with Crippen molar-refractivity contribution in [1.29, 1.82) is 0 Å². The van der Waals surface area contributed by atoms with Crippen LogP contribution in [0.3, 0.4) is 0 Å². The Labute approximate surface area is 306 Å². The molecule has 2 aromatic carbocycles. The van der Waals surface area contributed by atoms with E-state index < -0.39 is 0 Å². The fourth-order valence-electron chi connectivity index (χ4n) is 6.77. The van der Waals surface area contributed by atoms with Gasteiger partial charge in [0, 0.05) is 22.8 Å². The first kappa shape index (κ1) is 45.2. The van der Waals surface area contributed by atoms with Crippen LogP contribution in [0.4, 0.5) is 0 Å². The number of hydrogen-bond donors (Lipinski definition) is 0. The molecule has 2 aromatic rings. The van der Waals surface area contributed by atoms with Gasteiger partial charge in [0.2, 0.25) is 11.4 Å². The van der Waals surface area contributed by atoms with E-state index in [9.17, 15) is 5.53 Å². The molecule has 0 fully saturated rings. The predicted molar refractivity (Wildman–Crippen MR) is 206 cm³/mol. The molecule has 1 aliphatic heterocycles. The molecule has 266 valence electrons. The molecule has 1 aliphatic rings. The van der Waals surface area contributed by atoms with Crippen molar-refractivity contribution >= 4 is 11.4 Å². The summed E-state index contributed by atoms with van der Waals surface area (Å²) < 4.78 is 1.56. The third-order valence-corrected chi connectivity index (χ3v) is 9.20. The normalized spacial score (nSPS) is 12.2. The average Bonchev–Trinajstić information content (AvgIpc) is 3.43. The molecule has 0 saturated carbocycles. The Morgan fingerprint density at radius 2 is 0.830 bits per heavy atom. The molecule has 0 unspecified atom stereocenters. The van der Waals surface area contributed by atoms with E-state index in [1.165, 1.54) is 90.3 Å². The molecule has 0 amide bonds. The third-order valence-electron chi connectivity index (χ3n) is 9.20. The summed E-state index contributed by atoms with van der Waals surface area (Å²) >= 11 is 0. The molecular weight excluding hydrogens is 663 g/mol. The van der Waals surface area contributed by atoms with Gasteiger partial charge in [-0.3, -0.25) is 0 Å². The van der Waals surface area contributed by atoms with Gasteiger partial charge in [-0.2, -0.15) is 13.8 Å². The van der Waals surface area contributed by atoms with Crippen molar-refractivity contribution in [2.24, 2.45) is 0 Å². The SMILES string of the molecule is CCCCC1=C(c2cc(CCCC)c(CC)c(CCCC)c2)[N+](=[N-])C(c2cc(CCCC)c(CC)c(CCCC)c2)=C1.[CH2-]C.[CH2-]C.[Pd+2]. The number of rotatable bonds is 19.